The fourth-order valence-electron chi connectivity index (χ4n) is 2.04. The second kappa shape index (κ2) is 6.53. The normalized spacial score (nSPS) is 12.2. The van der Waals surface area contributed by atoms with Crippen molar-refractivity contribution >= 4 is 32.7 Å². The molecule has 2 heterocycles. The molecular weight excluding hydrogens is 326 g/mol. The van der Waals surface area contributed by atoms with E-state index >= 15 is 0 Å². The Labute approximate surface area is 133 Å². The Kier molecular flexibility index (Phi) is 5.15. The summed E-state index contributed by atoms with van der Waals surface area (Å²) in [5, 5.41) is 4.92. The zero-order chi connectivity index (χ0) is 15.6. The molecule has 5 nitrogen and oxygen atoms in total. The fraction of sp³-hybridized carbons (Fsp3) is 0.462. The molecule has 0 fully saturated rings. The van der Waals surface area contributed by atoms with Gasteiger partial charge in [0, 0.05) is 29.9 Å². The van der Waals surface area contributed by atoms with Crippen molar-refractivity contribution in [1.29, 1.82) is 0 Å². The number of thiazole rings is 1. The SMILES string of the molecule is CNCc1scc(C)c1S(=O)(=O)N(C)Cc1scnc1C. The van der Waals surface area contributed by atoms with Gasteiger partial charge in [0.25, 0.3) is 0 Å². The monoisotopic (exact) mass is 345 g/mol. The van der Waals surface area contributed by atoms with Gasteiger partial charge in [0.05, 0.1) is 11.2 Å². The predicted octanol–water partition coefficient (Wildman–Crippen LogP) is 2.36. The van der Waals surface area contributed by atoms with Crippen LogP contribution in [0.15, 0.2) is 15.8 Å². The van der Waals surface area contributed by atoms with E-state index in [0.717, 1.165) is 21.0 Å². The van der Waals surface area contributed by atoms with Crippen LogP contribution in [0.1, 0.15) is 21.0 Å². The molecule has 0 spiro atoms. The molecule has 0 aliphatic carbocycles. The van der Waals surface area contributed by atoms with Crippen LogP contribution in [0.25, 0.3) is 0 Å². The Morgan fingerprint density at radius 1 is 1.29 bits per heavy atom. The highest BCUT2D eigenvalue weighted by molar-refractivity contribution is 7.89. The zero-order valence-electron chi connectivity index (χ0n) is 12.5. The van der Waals surface area contributed by atoms with Crippen molar-refractivity contribution in [3.8, 4) is 0 Å². The summed E-state index contributed by atoms with van der Waals surface area (Å²) in [6.07, 6.45) is 0. The standard InChI is InChI=1S/C13H19N3O2S3/c1-9-7-19-11(5-14-3)13(9)21(17,18)16(4)6-12-10(2)15-8-20-12/h7-8,14H,5-6H2,1-4H3. The third kappa shape index (κ3) is 3.35. The number of aromatic nitrogens is 1. The fourth-order valence-corrected chi connectivity index (χ4v) is 5.85. The van der Waals surface area contributed by atoms with Gasteiger partial charge in [0.15, 0.2) is 0 Å². The maximum absolute atomic E-state index is 12.8. The van der Waals surface area contributed by atoms with Crippen LogP contribution in [0.4, 0.5) is 0 Å². The van der Waals surface area contributed by atoms with Crippen LogP contribution in [-0.2, 0) is 23.1 Å². The van der Waals surface area contributed by atoms with E-state index in [2.05, 4.69) is 10.3 Å². The maximum atomic E-state index is 12.8. The van der Waals surface area contributed by atoms with E-state index in [1.54, 1.807) is 12.6 Å². The molecule has 21 heavy (non-hydrogen) atoms. The third-order valence-corrected chi connectivity index (χ3v) is 7.39. The largest absolute Gasteiger partial charge is 0.315 e. The topological polar surface area (TPSA) is 62.3 Å². The summed E-state index contributed by atoms with van der Waals surface area (Å²) < 4.78 is 27.1. The Morgan fingerprint density at radius 2 is 2.00 bits per heavy atom. The van der Waals surface area contributed by atoms with Gasteiger partial charge in [-0.3, -0.25) is 0 Å². The highest BCUT2D eigenvalue weighted by Crippen LogP contribution is 2.30. The van der Waals surface area contributed by atoms with Gasteiger partial charge in [0.1, 0.15) is 4.90 Å². The molecule has 0 saturated carbocycles. The lowest BCUT2D eigenvalue weighted by Gasteiger charge is -2.18. The lowest BCUT2D eigenvalue weighted by molar-refractivity contribution is 0.467. The van der Waals surface area contributed by atoms with Crippen LogP contribution < -0.4 is 5.32 Å². The van der Waals surface area contributed by atoms with E-state index in [-0.39, 0.29) is 0 Å². The average molecular weight is 346 g/mol. The molecule has 0 atom stereocenters. The molecule has 0 aliphatic rings. The van der Waals surface area contributed by atoms with Crippen LogP contribution in [-0.4, -0.2) is 31.8 Å². The molecule has 2 rings (SSSR count). The van der Waals surface area contributed by atoms with Gasteiger partial charge in [-0.05, 0) is 31.8 Å². The molecule has 0 saturated heterocycles. The molecule has 0 radical (unpaired) electrons. The lowest BCUT2D eigenvalue weighted by Crippen LogP contribution is -2.27. The first kappa shape index (κ1) is 16.6. The quantitative estimate of drug-likeness (QED) is 0.873. The molecule has 1 N–H and O–H groups in total. The summed E-state index contributed by atoms with van der Waals surface area (Å²) in [6, 6.07) is 0. The molecular formula is C13H19N3O2S3. The minimum Gasteiger partial charge on any atom is -0.315 e. The molecule has 8 heteroatoms. The number of sulfonamides is 1. The molecule has 0 bridgehead atoms. The van der Waals surface area contributed by atoms with Crippen molar-refractivity contribution in [2.24, 2.45) is 0 Å². The average Bonchev–Trinajstić information content (AvgIpc) is 2.97. The van der Waals surface area contributed by atoms with Crippen molar-refractivity contribution in [1.82, 2.24) is 14.6 Å². The lowest BCUT2D eigenvalue weighted by atomic mass is 10.3. The highest BCUT2D eigenvalue weighted by atomic mass is 32.2. The van der Waals surface area contributed by atoms with Gasteiger partial charge in [-0.15, -0.1) is 22.7 Å². The van der Waals surface area contributed by atoms with Gasteiger partial charge in [0.2, 0.25) is 10.0 Å². The van der Waals surface area contributed by atoms with Crippen LogP contribution in [0, 0.1) is 13.8 Å². The first-order valence-electron chi connectivity index (χ1n) is 6.44. The number of nitrogens with one attached hydrogen (secondary N) is 1. The van der Waals surface area contributed by atoms with Gasteiger partial charge in [-0.1, -0.05) is 0 Å². The molecule has 0 aliphatic heterocycles. The number of rotatable bonds is 6. The van der Waals surface area contributed by atoms with Crippen molar-refractivity contribution < 1.29 is 8.42 Å². The van der Waals surface area contributed by atoms with Crippen LogP contribution in [0.5, 0.6) is 0 Å². The first-order chi connectivity index (χ1) is 9.87. The Morgan fingerprint density at radius 3 is 2.57 bits per heavy atom. The molecule has 0 unspecified atom stereocenters. The predicted molar refractivity (Wildman–Crippen MR) is 87.3 cm³/mol. The van der Waals surface area contributed by atoms with Crippen molar-refractivity contribution in [2.75, 3.05) is 14.1 Å². The molecule has 2 aromatic rings. The minimum absolute atomic E-state index is 0.354. The van der Waals surface area contributed by atoms with Gasteiger partial charge >= 0.3 is 0 Å². The van der Waals surface area contributed by atoms with E-state index in [9.17, 15) is 8.42 Å². The van der Waals surface area contributed by atoms with Gasteiger partial charge in [-0.25, -0.2) is 13.4 Å². The van der Waals surface area contributed by atoms with Crippen molar-refractivity contribution in [3.63, 3.8) is 0 Å². The Balaban J connectivity index is 2.33. The summed E-state index contributed by atoms with van der Waals surface area (Å²) in [5.41, 5.74) is 3.44. The number of hydrogen-bond donors (Lipinski definition) is 1. The van der Waals surface area contributed by atoms with Gasteiger partial charge < -0.3 is 5.32 Å². The summed E-state index contributed by atoms with van der Waals surface area (Å²) in [5.74, 6) is 0. The first-order valence-corrected chi connectivity index (χ1v) is 9.64. The van der Waals surface area contributed by atoms with Crippen LogP contribution in [0.3, 0.4) is 0 Å². The highest BCUT2D eigenvalue weighted by Gasteiger charge is 2.27. The molecule has 0 aromatic carbocycles. The second-order valence-electron chi connectivity index (χ2n) is 4.82. The van der Waals surface area contributed by atoms with Crippen LogP contribution in [0.2, 0.25) is 0 Å². The van der Waals surface area contributed by atoms with E-state index in [0.29, 0.717) is 18.0 Å². The summed E-state index contributed by atoms with van der Waals surface area (Å²) in [4.78, 5) is 6.43. The van der Waals surface area contributed by atoms with Crippen molar-refractivity contribution in [3.05, 3.63) is 31.9 Å². The number of thiophene rings is 1. The number of hydrogen-bond acceptors (Lipinski definition) is 6. The van der Waals surface area contributed by atoms with E-state index in [4.69, 9.17) is 0 Å². The Hall–Kier alpha value is -0.800. The summed E-state index contributed by atoms with van der Waals surface area (Å²) in [7, 11) is -0.0543. The Bertz CT molecular complexity index is 719. The third-order valence-electron chi connectivity index (χ3n) is 3.21. The van der Waals surface area contributed by atoms with Crippen LogP contribution >= 0.6 is 22.7 Å². The molecule has 0 amide bonds. The van der Waals surface area contributed by atoms with E-state index in [1.807, 2.05) is 26.3 Å². The summed E-state index contributed by atoms with van der Waals surface area (Å²) in [6.45, 7) is 4.65. The van der Waals surface area contributed by atoms with Gasteiger partial charge in [-0.2, -0.15) is 4.31 Å². The van der Waals surface area contributed by atoms with E-state index < -0.39 is 10.0 Å². The van der Waals surface area contributed by atoms with Crippen molar-refractivity contribution in [2.45, 2.75) is 31.8 Å². The minimum atomic E-state index is -3.49. The number of aryl methyl sites for hydroxylation is 2. The molecule has 116 valence electrons. The maximum Gasteiger partial charge on any atom is 0.244 e. The summed E-state index contributed by atoms with van der Waals surface area (Å²) >= 11 is 2.96. The number of nitrogens with zero attached hydrogens (tertiary/aromatic N) is 2. The zero-order valence-corrected chi connectivity index (χ0v) is 15.0. The van der Waals surface area contributed by atoms with E-state index in [1.165, 1.54) is 27.0 Å². The second-order valence-corrected chi connectivity index (χ2v) is 8.71. The molecule has 2 aromatic heterocycles. The smallest absolute Gasteiger partial charge is 0.244 e.